The zero-order chi connectivity index (χ0) is 16.8. The Morgan fingerprint density at radius 1 is 1.17 bits per heavy atom. The van der Waals surface area contributed by atoms with Gasteiger partial charge in [-0.25, -0.2) is 13.1 Å². The van der Waals surface area contributed by atoms with Crippen molar-refractivity contribution in [3.8, 4) is 0 Å². The Kier molecular flexibility index (Phi) is 6.02. The fraction of sp³-hybridized carbons (Fsp3) is 0.412. The molecule has 1 aromatic heterocycles. The molecule has 0 radical (unpaired) electrons. The van der Waals surface area contributed by atoms with Gasteiger partial charge in [-0.1, -0.05) is 30.3 Å². The van der Waals surface area contributed by atoms with Crippen LogP contribution in [0.5, 0.6) is 0 Å². The van der Waals surface area contributed by atoms with E-state index in [1.807, 2.05) is 35.7 Å². The molecule has 0 bridgehead atoms. The van der Waals surface area contributed by atoms with Crippen LogP contribution < -0.4 is 4.72 Å². The highest BCUT2D eigenvalue weighted by Crippen LogP contribution is 2.23. The van der Waals surface area contributed by atoms with Crippen molar-refractivity contribution in [1.82, 2.24) is 9.62 Å². The molecule has 0 saturated carbocycles. The number of thiophene rings is 1. The molecule has 2 aromatic rings. The van der Waals surface area contributed by atoms with Crippen molar-refractivity contribution in [2.75, 3.05) is 32.8 Å². The van der Waals surface area contributed by atoms with Crippen molar-refractivity contribution >= 4 is 21.4 Å². The molecule has 0 amide bonds. The van der Waals surface area contributed by atoms with Gasteiger partial charge < -0.3 is 4.74 Å². The summed E-state index contributed by atoms with van der Waals surface area (Å²) in [5.41, 5.74) is 1.95. The zero-order valence-electron chi connectivity index (χ0n) is 13.4. The number of rotatable bonds is 7. The second-order valence-electron chi connectivity index (χ2n) is 5.81. The van der Waals surface area contributed by atoms with Gasteiger partial charge in [-0.3, -0.25) is 4.90 Å². The molecular weight excluding hydrogens is 344 g/mol. The van der Waals surface area contributed by atoms with Crippen molar-refractivity contribution in [2.24, 2.45) is 0 Å². The predicted octanol–water partition coefficient (Wildman–Crippen LogP) is 2.24. The quantitative estimate of drug-likeness (QED) is 0.816. The summed E-state index contributed by atoms with van der Waals surface area (Å²) in [5.74, 6) is 0.00725. The highest BCUT2D eigenvalue weighted by Gasteiger charge is 2.24. The van der Waals surface area contributed by atoms with Crippen LogP contribution in [0.2, 0.25) is 0 Å². The maximum absolute atomic E-state index is 12.4. The summed E-state index contributed by atoms with van der Waals surface area (Å²) in [7, 11) is -3.36. The van der Waals surface area contributed by atoms with Gasteiger partial charge in [0.15, 0.2) is 0 Å². The molecule has 7 heteroatoms. The van der Waals surface area contributed by atoms with E-state index in [-0.39, 0.29) is 11.8 Å². The molecule has 0 spiro atoms. The van der Waals surface area contributed by atoms with Crippen molar-refractivity contribution in [3.63, 3.8) is 0 Å². The van der Waals surface area contributed by atoms with Crippen LogP contribution in [0.25, 0.3) is 0 Å². The van der Waals surface area contributed by atoms with E-state index in [1.54, 1.807) is 11.3 Å². The fourth-order valence-electron chi connectivity index (χ4n) is 2.86. The molecule has 0 aliphatic carbocycles. The molecule has 1 atom stereocenters. The molecule has 1 fully saturated rings. The van der Waals surface area contributed by atoms with E-state index in [9.17, 15) is 8.42 Å². The smallest absolute Gasteiger partial charge is 0.215 e. The Morgan fingerprint density at radius 3 is 2.58 bits per heavy atom. The minimum atomic E-state index is -3.36. The van der Waals surface area contributed by atoms with Crippen molar-refractivity contribution in [2.45, 2.75) is 11.8 Å². The molecule has 130 valence electrons. The van der Waals surface area contributed by atoms with Crippen LogP contribution in [-0.4, -0.2) is 46.2 Å². The minimum Gasteiger partial charge on any atom is -0.379 e. The number of ether oxygens (including phenoxy) is 1. The van der Waals surface area contributed by atoms with E-state index in [0.29, 0.717) is 19.8 Å². The van der Waals surface area contributed by atoms with Gasteiger partial charge in [0.1, 0.15) is 0 Å². The maximum Gasteiger partial charge on any atom is 0.215 e. The lowest BCUT2D eigenvalue weighted by atomic mass is 10.1. The summed E-state index contributed by atoms with van der Waals surface area (Å²) >= 11 is 1.63. The van der Waals surface area contributed by atoms with Gasteiger partial charge in [-0.2, -0.15) is 11.3 Å². The third-order valence-corrected chi connectivity index (χ3v) is 6.13. The van der Waals surface area contributed by atoms with Crippen LogP contribution in [0.4, 0.5) is 0 Å². The van der Waals surface area contributed by atoms with Crippen LogP contribution in [-0.2, 0) is 20.5 Å². The first kappa shape index (κ1) is 17.6. The first-order chi connectivity index (χ1) is 11.6. The topological polar surface area (TPSA) is 58.6 Å². The molecule has 3 rings (SSSR count). The lowest BCUT2D eigenvalue weighted by molar-refractivity contribution is 0.0173. The Balaban J connectivity index is 1.66. The number of hydrogen-bond acceptors (Lipinski definition) is 5. The van der Waals surface area contributed by atoms with E-state index in [4.69, 9.17) is 4.74 Å². The van der Waals surface area contributed by atoms with Crippen LogP contribution in [0.3, 0.4) is 0 Å². The average Bonchev–Trinajstić information content (AvgIpc) is 3.11. The van der Waals surface area contributed by atoms with Gasteiger partial charge in [0.2, 0.25) is 10.0 Å². The first-order valence-corrected chi connectivity index (χ1v) is 10.6. The lowest BCUT2D eigenvalue weighted by Gasteiger charge is -2.34. The molecule has 0 unspecified atom stereocenters. The Hall–Kier alpha value is -1.25. The lowest BCUT2D eigenvalue weighted by Crippen LogP contribution is -2.43. The Labute approximate surface area is 147 Å². The molecular formula is C17H22N2O3S2. The fourth-order valence-corrected chi connectivity index (χ4v) is 4.71. The van der Waals surface area contributed by atoms with E-state index < -0.39 is 10.0 Å². The van der Waals surface area contributed by atoms with Crippen LogP contribution in [0, 0.1) is 0 Å². The predicted molar refractivity (Wildman–Crippen MR) is 96.5 cm³/mol. The third kappa shape index (κ3) is 4.87. The molecule has 1 aliphatic rings. The summed E-state index contributed by atoms with van der Waals surface area (Å²) in [4.78, 5) is 2.29. The Bertz CT molecular complexity index is 712. The second-order valence-corrected chi connectivity index (χ2v) is 8.40. The highest BCUT2D eigenvalue weighted by atomic mass is 32.2. The minimum absolute atomic E-state index is 0.00725. The SMILES string of the molecule is O=S(=O)(Cc1ccccc1)NC[C@H](c1ccsc1)N1CCOCC1. The summed E-state index contributed by atoms with van der Waals surface area (Å²) in [6, 6.07) is 11.4. The second kappa shape index (κ2) is 8.22. The third-order valence-electron chi connectivity index (χ3n) is 4.11. The molecule has 1 saturated heterocycles. The van der Waals surface area contributed by atoms with E-state index in [2.05, 4.69) is 21.1 Å². The van der Waals surface area contributed by atoms with E-state index in [1.165, 1.54) is 0 Å². The van der Waals surface area contributed by atoms with Gasteiger partial charge in [-0.15, -0.1) is 0 Å². The summed E-state index contributed by atoms with van der Waals surface area (Å²) in [6.45, 7) is 3.41. The van der Waals surface area contributed by atoms with Gasteiger partial charge in [0.25, 0.3) is 0 Å². The molecule has 24 heavy (non-hydrogen) atoms. The maximum atomic E-state index is 12.4. The van der Waals surface area contributed by atoms with Crippen LogP contribution >= 0.6 is 11.3 Å². The monoisotopic (exact) mass is 366 g/mol. The highest BCUT2D eigenvalue weighted by molar-refractivity contribution is 7.88. The number of sulfonamides is 1. The molecule has 1 aromatic carbocycles. The largest absolute Gasteiger partial charge is 0.379 e. The number of nitrogens with one attached hydrogen (secondary N) is 1. The summed E-state index contributed by atoms with van der Waals surface area (Å²) < 4.78 is 33.0. The average molecular weight is 367 g/mol. The number of morpholine rings is 1. The zero-order valence-corrected chi connectivity index (χ0v) is 15.1. The van der Waals surface area contributed by atoms with Crippen molar-refractivity contribution < 1.29 is 13.2 Å². The summed E-state index contributed by atoms with van der Waals surface area (Å²) in [5, 5.41) is 4.12. The van der Waals surface area contributed by atoms with Gasteiger partial charge in [-0.05, 0) is 28.0 Å². The number of benzene rings is 1. The summed E-state index contributed by atoms with van der Waals surface area (Å²) in [6.07, 6.45) is 0. The van der Waals surface area contributed by atoms with Crippen molar-refractivity contribution in [3.05, 3.63) is 58.3 Å². The first-order valence-electron chi connectivity index (χ1n) is 7.99. The van der Waals surface area contributed by atoms with Crippen LogP contribution in [0.15, 0.2) is 47.2 Å². The number of hydrogen-bond donors (Lipinski definition) is 1. The van der Waals surface area contributed by atoms with Gasteiger partial charge in [0.05, 0.1) is 19.0 Å². The van der Waals surface area contributed by atoms with Crippen LogP contribution in [0.1, 0.15) is 17.2 Å². The molecule has 2 heterocycles. The van der Waals surface area contributed by atoms with E-state index in [0.717, 1.165) is 24.2 Å². The van der Waals surface area contributed by atoms with Crippen molar-refractivity contribution in [1.29, 1.82) is 0 Å². The van der Waals surface area contributed by atoms with Gasteiger partial charge >= 0.3 is 0 Å². The Morgan fingerprint density at radius 2 is 1.92 bits per heavy atom. The molecule has 1 N–H and O–H groups in total. The van der Waals surface area contributed by atoms with E-state index >= 15 is 0 Å². The normalized spacial score (nSPS) is 17.7. The number of nitrogens with zero attached hydrogens (tertiary/aromatic N) is 1. The van der Waals surface area contributed by atoms with Gasteiger partial charge in [0, 0.05) is 25.7 Å². The molecule has 5 nitrogen and oxygen atoms in total. The standard InChI is InChI=1S/C17H22N2O3S2/c20-24(21,14-15-4-2-1-3-5-15)18-12-17(16-6-11-23-13-16)19-7-9-22-10-8-19/h1-6,11,13,17-18H,7-10,12,14H2/t17-/m1/s1. The molecule has 1 aliphatic heterocycles.